The summed E-state index contributed by atoms with van der Waals surface area (Å²) < 4.78 is 4.78. The van der Waals surface area contributed by atoms with Crippen LogP contribution in [0.25, 0.3) is 111 Å². The predicted molar refractivity (Wildman–Crippen MR) is 296 cm³/mol. The Morgan fingerprint density at radius 2 is 0.817 bits per heavy atom. The maximum atomic E-state index is 5.13. The smallest absolute Gasteiger partial charge is 0.164 e. The lowest BCUT2D eigenvalue weighted by Gasteiger charge is -2.34. The van der Waals surface area contributed by atoms with Crippen LogP contribution in [0.4, 0.5) is 17.1 Å². The standard InChI is InChI=1S/C61H38N6.C4H6/c1-4-16-40(17-5-1)59-62-60(41-18-6-2-7-19-41)64-61(63-59)42-30-35-54-49(36-42)51-37-50-48-26-14-20-39-21-15-29-55(58(39)48)67(56(50)38-57(51)66(54)43-22-8-3-9-23-43)45-33-31-44(32-34-45)65-52-27-12-10-24-46(52)47-25-11-13-28-53(47)65;1-3-4-2/h1-38H;3-4H,1-2H2. The number of para-hydroxylation sites is 3. The quantitative estimate of drug-likeness (QED) is 0.150. The number of benzene rings is 10. The van der Waals surface area contributed by atoms with E-state index >= 15 is 0 Å². The fraction of sp³-hybridized carbons (Fsp3) is 0. The third kappa shape index (κ3) is 6.92. The van der Waals surface area contributed by atoms with Crippen LogP contribution in [0.5, 0.6) is 0 Å². The molecule has 0 aliphatic carbocycles. The van der Waals surface area contributed by atoms with E-state index in [1.54, 1.807) is 12.2 Å². The number of rotatable bonds is 7. The van der Waals surface area contributed by atoms with Crippen LogP contribution in [-0.4, -0.2) is 24.1 Å². The number of hydrogen-bond donors (Lipinski definition) is 0. The first-order valence-corrected chi connectivity index (χ1v) is 23.8. The Morgan fingerprint density at radius 1 is 0.324 bits per heavy atom. The molecule has 10 aromatic carbocycles. The van der Waals surface area contributed by atoms with Crippen molar-refractivity contribution in [3.05, 3.63) is 256 Å². The Bertz CT molecular complexity index is 4070. The van der Waals surface area contributed by atoms with Crippen molar-refractivity contribution in [1.29, 1.82) is 0 Å². The van der Waals surface area contributed by atoms with Crippen molar-refractivity contribution in [3.8, 4) is 56.7 Å². The van der Waals surface area contributed by atoms with Gasteiger partial charge in [0.25, 0.3) is 0 Å². The Morgan fingerprint density at radius 3 is 1.44 bits per heavy atom. The molecule has 71 heavy (non-hydrogen) atoms. The normalized spacial score (nSPS) is 11.7. The molecule has 0 amide bonds. The molecule has 0 atom stereocenters. The van der Waals surface area contributed by atoms with E-state index in [0.29, 0.717) is 17.5 Å². The molecular weight excluding hydrogens is 865 g/mol. The maximum Gasteiger partial charge on any atom is 0.164 e. The minimum absolute atomic E-state index is 0.627. The second-order valence-electron chi connectivity index (χ2n) is 17.7. The third-order valence-electron chi connectivity index (χ3n) is 13.6. The van der Waals surface area contributed by atoms with Gasteiger partial charge in [0.2, 0.25) is 0 Å². The molecular formula is C65H44N6. The molecule has 334 valence electrons. The van der Waals surface area contributed by atoms with Gasteiger partial charge >= 0.3 is 0 Å². The van der Waals surface area contributed by atoms with Crippen LogP contribution >= 0.6 is 0 Å². The van der Waals surface area contributed by atoms with Crippen molar-refractivity contribution in [2.24, 2.45) is 0 Å². The first-order valence-electron chi connectivity index (χ1n) is 23.8. The first-order chi connectivity index (χ1) is 35.1. The second-order valence-corrected chi connectivity index (χ2v) is 17.7. The van der Waals surface area contributed by atoms with E-state index in [2.05, 4.69) is 221 Å². The summed E-state index contributed by atoms with van der Waals surface area (Å²) in [5.41, 5.74) is 15.4. The van der Waals surface area contributed by atoms with Gasteiger partial charge < -0.3 is 14.0 Å². The first kappa shape index (κ1) is 41.5. The van der Waals surface area contributed by atoms with Gasteiger partial charge in [-0.1, -0.05) is 171 Å². The zero-order valence-corrected chi connectivity index (χ0v) is 38.7. The summed E-state index contributed by atoms with van der Waals surface area (Å²) >= 11 is 0. The van der Waals surface area contributed by atoms with Crippen LogP contribution in [0.15, 0.2) is 256 Å². The third-order valence-corrected chi connectivity index (χ3v) is 13.6. The fourth-order valence-electron chi connectivity index (χ4n) is 10.5. The van der Waals surface area contributed by atoms with E-state index in [9.17, 15) is 0 Å². The van der Waals surface area contributed by atoms with Gasteiger partial charge in [0.05, 0.1) is 33.4 Å². The molecule has 6 heteroatoms. The minimum Gasteiger partial charge on any atom is -0.309 e. The Kier molecular flexibility index (Phi) is 10.0. The van der Waals surface area contributed by atoms with Crippen molar-refractivity contribution >= 4 is 71.4 Å². The van der Waals surface area contributed by atoms with Crippen LogP contribution < -0.4 is 4.90 Å². The van der Waals surface area contributed by atoms with E-state index in [1.165, 1.54) is 43.7 Å². The molecule has 3 aromatic heterocycles. The highest BCUT2D eigenvalue weighted by molar-refractivity contribution is 6.19. The highest BCUT2D eigenvalue weighted by atomic mass is 15.2. The number of fused-ring (bicyclic) bond motifs is 8. The number of hydrogen-bond acceptors (Lipinski definition) is 4. The molecule has 4 heterocycles. The second kappa shape index (κ2) is 17.1. The van der Waals surface area contributed by atoms with Crippen molar-refractivity contribution in [2.45, 2.75) is 0 Å². The van der Waals surface area contributed by atoms with Gasteiger partial charge in [0.15, 0.2) is 17.5 Å². The molecule has 1 aliphatic rings. The van der Waals surface area contributed by atoms with Gasteiger partial charge in [0, 0.05) is 66.2 Å². The number of nitrogens with zero attached hydrogens (tertiary/aromatic N) is 6. The molecule has 6 nitrogen and oxygen atoms in total. The molecule has 0 spiro atoms. The minimum atomic E-state index is 0.627. The molecule has 1 aliphatic heterocycles. The lowest BCUT2D eigenvalue weighted by Crippen LogP contribution is -2.15. The molecule has 0 unspecified atom stereocenters. The summed E-state index contributed by atoms with van der Waals surface area (Å²) in [5, 5.41) is 7.22. The van der Waals surface area contributed by atoms with Crippen LogP contribution in [0.2, 0.25) is 0 Å². The van der Waals surface area contributed by atoms with Gasteiger partial charge in [0.1, 0.15) is 0 Å². The van der Waals surface area contributed by atoms with Crippen molar-refractivity contribution in [2.75, 3.05) is 4.90 Å². The summed E-state index contributed by atoms with van der Waals surface area (Å²) in [7, 11) is 0. The molecule has 0 saturated carbocycles. The fourth-order valence-corrected chi connectivity index (χ4v) is 10.5. The lowest BCUT2D eigenvalue weighted by atomic mass is 9.89. The average molecular weight is 909 g/mol. The van der Waals surface area contributed by atoms with Crippen molar-refractivity contribution in [3.63, 3.8) is 0 Å². The summed E-state index contributed by atoms with van der Waals surface area (Å²) in [6.45, 7) is 6.72. The zero-order valence-electron chi connectivity index (χ0n) is 38.7. The Hall–Kier alpha value is -9.65. The van der Waals surface area contributed by atoms with E-state index in [-0.39, 0.29) is 0 Å². The van der Waals surface area contributed by atoms with E-state index in [4.69, 9.17) is 15.0 Å². The maximum absolute atomic E-state index is 5.13. The summed E-state index contributed by atoms with van der Waals surface area (Å²) in [6, 6.07) is 82.3. The SMILES string of the molecule is C=CC=C.c1ccc(-c2nc(-c3ccccc3)nc(-c3ccc4c(c3)c3cc5c(cc3n4-c3ccccc3)N(c3ccc(-n4c6ccccc6c6ccccc64)cc3)c3cccc4cccc-5c34)n2)cc1. The Labute approximate surface area is 411 Å². The molecule has 0 fully saturated rings. The number of aromatic nitrogens is 5. The van der Waals surface area contributed by atoms with Gasteiger partial charge in [-0.3, -0.25) is 0 Å². The van der Waals surface area contributed by atoms with Gasteiger partial charge in [-0.05, 0) is 95.9 Å². The van der Waals surface area contributed by atoms with E-state index < -0.39 is 0 Å². The van der Waals surface area contributed by atoms with Crippen molar-refractivity contribution < 1.29 is 0 Å². The summed E-state index contributed by atoms with van der Waals surface area (Å²) in [5.74, 6) is 1.91. The molecule has 0 radical (unpaired) electrons. The number of anilines is 3. The Balaban J connectivity index is 0.00000119. The van der Waals surface area contributed by atoms with Crippen LogP contribution in [-0.2, 0) is 0 Å². The molecule has 14 rings (SSSR count). The van der Waals surface area contributed by atoms with Gasteiger partial charge in [-0.25, -0.2) is 15.0 Å². The van der Waals surface area contributed by atoms with Gasteiger partial charge in [-0.2, -0.15) is 0 Å². The zero-order chi connectivity index (χ0) is 47.4. The monoisotopic (exact) mass is 908 g/mol. The highest BCUT2D eigenvalue weighted by Crippen LogP contribution is 2.53. The van der Waals surface area contributed by atoms with Gasteiger partial charge in [-0.15, -0.1) is 0 Å². The highest BCUT2D eigenvalue weighted by Gasteiger charge is 2.29. The topological polar surface area (TPSA) is 51.8 Å². The number of allylic oxidation sites excluding steroid dienone is 2. The lowest BCUT2D eigenvalue weighted by molar-refractivity contribution is 1.07. The van der Waals surface area contributed by atoms with Crippen LogP contribution in [0.1, 0.15) is 0 Å². The summed E-state index contributed by atoms with van der Waals surface area (Å²) in [6.07, 6.45) is 3.28. The molecule has 0 N–H and O–H groups in total. The largest absolute Gasteiger partial charge is 0.309 e. The van der Waals surface area contributed by atoms with Crippen molar-refractivity contribution in [1.82, 2.24) is 24.1 Å². The van der Waals surface area contributed by atoms with Crippen LogP contribution in [0, 0.1) is 0 Å². The molecule has 13 aromatic rings. The molecule has 0 bridgehead atoms. The van der Waals surface area contributed by atoms with E-state index in [0.717, 1.165) is 66.9 Å². The average Bonchev–Trinajstić information content (AvgIpc) is 3.95. The predicted octanol–water partition coefficient (Wildman–Crippen LogP) is 17.0. The van der Waals surface area contributed by atoms with Crippen LogP contribution in [0.3, 0.4) is 0 Å². The summed E-state index contributed by atoms with van der Waals surface area (Å²) in [4.78, 5) is 17.7. The van der Waals surface area contributed by atoms with E-state index in [1.807, 2.05) is 36.4 Å². The molecule has 0 saturated heterocycles.